The number of aromatic nitrogens is 3. The predicted octanol–water partition coefficient (Wildman–Crippen LogP) is 1.64. The Morgan fingerprint density at radius 3 is 2.52 bits per heavy atom. The van der Waals surface area contributed by atoms with Crippen LogP contribution in [0, 0.1) is 0 Å². The monoisotopic (exact) mass is 336 g/mol. The van der Waals surface area contributed by atoms with Crippen molar-refractivity contribution in [2.45, 2.75) is 12.8 Å². The van der Waals surface area contributed by atoms with E-state index in [9.17, 15) is 14.4 Å². The van der Waals surface area contributed by atoms with Crippen molar-refractivity contribution in [2.24, 2.45) is 0 Å². The Bertz CT molecular complexity index is 943. The van der Waals surface area contributed by atoms with Gasteiger partial charge in [0.2, 0.25) is 0 Å². The van der Waals surface area contributed by atoms with Gasteiger partial charge >= 0.3 is 5.97 Å². The van der Waals surface area contributed by atoms with Gasteiger partial charge in [-0.2, -0.15) is 0 Å². The summed E-state index contributed by atoms with van der Waals surface area (Å²) in [6.45, 7) is 0. The van der Waals surface area contributed by atoms with Crippen molar-refractivity contribution in [3.05, 3.63) is 59.7 Å². The molecule has 0 fully saturated rings. The highest BCUT2D eigenvalue weighted by Gasteiger charge is 2.38. The van der Waals surface area contributed by atoms with Crippen LogP contribution in [0.15, 0.2) is 42.7 Å². The SMILES string of the molecule is O=C(CCc1nc2ccncc2[nH]1)ON1C(=O)c2ccccc2C1=O. The van der Waals surface area contributed by atoms with Gasteiger partial charge in [0.1, 0.15) is 5.82 Å². The molecule has 124 valence electrons. The van der Waals surface area contributed by atoms with E-state index in [4.69, 9.17) is 4.84 Å². The number of pyridine rings is 1. The average molecular weight is 336 g/mol. The number of hydroxylamine groups is 2. The Morgan fingerprint density at radius 1 is 1.12 bits per heavy atom. The van der Waals surface area contributed by atoms with Crippen molar-refractivity contribution in [2.75, 3.05) is 0 Å². The molecule has 0 unspecified atom stereocenters. The van der Waals surface area contributed by atoms with Crippen molar-refractivity contribution >= 4 is 28.8 Å². The summed E-state index contributed by atoms with van der Waals surface area (Å²) in [6, 6.07) is 8.08. The van der Waals surface area contributed by atoms with E-state index in [1.54, 1.807) is 30.6 Å². The van der Waals surface area contributed by atoms with Crippen molar-refractivity contribution in [3.63, 3.8) is 0 Å². The summed E-state index contributed by atoms with van der Waals surface area (Å²) in [5.41, 5.74) is 1.97. The lowest BCUT2D eigenvalue weighted by Crippen LogP contribution is -2.32. The number of amides is 2. The van der Waals surface area contributed by atoms with Crippen LogP contribution in [0.1, 0.15) is 33.0 Å². The molecule has 8 heteroatoms. The fourth-order valence-electron chi connectivity index (χ4n) is 2.65. The number of imidazole rings is 1. The number of H-pyrrole nitrogens is 1. The number of carbonyl (C=O) groups excluding carboxylic acids is 3. The van der Waals surface area contributed by atoms with E-state index in [2.05, 4.69) is 15.0 Å². The van der Waals surface area contributed by atoms with Gasteiger partial charge in [-0.05, 0) is 18.2 Å². The zero-order chi connectivity index (χ0) is 17.4. The topological polar surface area (TPSA) is 105 Å². The molecule has 0 aliphatic carbocycles. The number of hydrogen-bond donors (Lipinski definition) is 1. The molecule has 4 rings (SSSR count). The second-order valence-corrected chi connectivity index (χ2v) is 5.49. The Morgan fingerprint density at radius 2 is 1.84 bits per heavy atom. The molecule has 0 spiro atoms. The summed E-state index contributed by atoms with van der Waals surface area (Å²) in [6.07, 6.45) is 3.53. The van der Waals surface area contributed by atoms with Crippen molar-refractivity contribution in [1.29, 1.82) is 0 Å². The fourth-order valence-corrected chi connectivity index (χ4v) is 2.65. The second kappa shape index (κ2) is 5.82. The van der Waals surface area contributed by atoms with Crippen LogP contribution in [0.5, 0.6) is 0 Å². The van der Waals surface area contributed by atoms with Crippen molar-refractivity contribution < 1.29 is 19.2 Å². The minimum Gasteiger partial charge on any atom is -0.341 e. The number of imide groups is 1. The first-order valence-corrected chi connectivity index (χ1v) is 7.61. The van der Waals surface area contributed by atoms with Crippen LogP contribution >= 0.6 is 0 Å². The normalized spacial score (nSPS) is 13.4. The van der Waals surface area contributed by atoms with Gasteiger partial charge in [0.25, 0.3) is 11.8 Å². The highest BCUT2D eigenvalue weighted by atomic mass is 16.7. The third-order valence-electron chi connectivity index (χ3n) is 3.85. The highest BCUT2D eigenvalue weighted by Crippen LogP contribution is 2.23. The van der Waals surface area contributed by atoms with Crippen molar-refractivity contribution in [3.8, 4) is 0 Å². The van der Waals surface area contributed by atoms with Crippen LogP contribution in [0.4, 0.5) is 0 Å². The molecule has 0 atom stereocenters. The van der Waals surface area contributed by atoms with Gasteiger partial charge in [-0.3, -0.25) is 14.6 Å². The van der Waals surface area contributed by atoms with Gasteiger partial charge in [-0.25, -0.2) is 9.78 Å². The van der Waals surface area contributed by atoms with Crippen LogP contribution < -0.4 is 0 Å². The zero-order valence-corrected chi connectivity index (χ0v) is 12.9. The first kappa shape index (κ1) is 15.0. The molecule has 8 nitrogen and oxygen atoms in total. The lowest BCUT2D eigenvalue weighted by atomic mass is 10.1. The molecule has 0 saturated heterocycles. The smallest absolute Gasteiger partial charge is 0.333 e. The third-order valence-corrected chi connectivity index (χ3v) is 3.85. The Hall–Kier alpha value is -3.55. The van der Waals surface area contributed by atoms with Crippen LogP contribution in [0.2, 0.25) is 0 Å². The largest absolute Gasteiger partial charge is 0.341 e. The number of rotatable bonds is 4. The molecule has 0 radical (unpaired) electrons. The maximum atomic E-state index is 12.1. The quantitative estimate of drug-likeness (QED) is 0.726. The van der Waals surface area contributed by atoms with Gasteiger partial charge in [0.05, 0.1) is 34.8 Å². The number of fused-ring (bicyclic) bond motifs is 2. The molecular weight excluding hydrogens is 324 g/mol. The van der Waals surface area contributed by atoms with E-state index in [0.29, 0.717) is 10.9 Å². The molecule has 1 aliphatic heterocycles. The third kappa shape index (κ3) is 2.63. The summed E-state index contributed by atoms with van der Waals surface area (Å²) < 4.78 is 0. The van der Waals surface area contributed by atoms with E-state index >= 15 is 0 Å². The number of hydrogen-bond acceptors (Lipinski definition) is 6. The molecule has 25 heavy (non-hydrogen) atoms. The fraction of sp³-hybridized carbons (Fsp3) is 0.118. The van der Waals surface area contributed by atoms with E-state index in [-0.39, 0.29) is 24.0 Å². The molecule has 0 bridgehead atoms. The van der Waals surface area contributed by atoms with E-state index < -0.39 is 17.8 Å². The molecule has 1 aliphatic rings. The van der Waals surface area contributed by atoms with E-state index in [1.807, 2.05) is 0 Å². The second-order valence-electron chi connectivity index (χ2n) is 5.49. The molecular formula is C17H12N4O4. The average Bonchev–Trinajstić information content (AvgIpc) is 3.15. The summed E-state index contributed by atoms with van der Waals surface area (Å²) in [5.74, 6) is -1.36. The minimum atomic E-state index is -0.687. The van der Waals surface area contributed by atoms with Gasteiger partial charge in [0.15, 0.2) is 0 Å². The summed E-state index contributed by atoms with van der Waals surface area (Å²) in [7, 11) is 0. The number of nitrogens with one attached hydrogen (secondary N) is 1. The summed E-state index contributed by atoms with van der Waals surface area (Å²) >= 11 is 0. The number of nitrogens with zero attached hydrogens (tertiary/aromatic N) is 3. The maximum absolute atomic E-state index is 12.1. The summed E-state index contributed by atoms with van der Waals surface area (Å²) in [5, 5.41) is 0.509. The van der Waals surface area contributed by atoms with Gasteiger partial charge < -0.3 is 9.82 Å². The molecule has 1 aromatic carbocycles. The molecule has 2 aromatic heterocycles. The Labute approximate surface area is 141 Å². The number of aryl methyl sites for hydroxylation is 1. The molecule has 3 aromatic rings. The predicted molar refractivity (Wildman–Crippen MR) is 85.2 cm³/mol. The van der Waals surface area contributed by atoms with Crippen molar-refractivity contribution in [1.82, 2.24) is 20.0 Å². The Balaban J connectivity index is 1.41. The Kier molecular flexibility index (Phi) is 3.50. The lowest BCUT2D eigenvalue weighted by molar-refractivity contribution is -0.168. The van der Waals surface area contributed by atoms with Gasteiger partial charge in [-0.15, -0.1) is 0 Å². The lowest BCUT2D eigenvalue weighted by Gasteiger charge is -2.12. The number of aromatic amines is 1. The zero-order valence-electron chi connectivity index (χ0n) is 12.9. The molecule has 0 saturated carbocycles. The van der Waals surface area contributed by atoms with Crippen LogP contribution in [0.25, 0.3) is 11.0 Å². The van der Waals surface area contributed by atoms with E-state index in [1.165, 1.54) is 12.1 Å². The minimum absolute atomic E-state index is 0.0271. The number of carbonyl (C=O) groups is 3. The van der Waals surface area contributed by atoms with E-state index in [0.717, 1.165) is 11.0 Å². The van der Waals surface area contributed by atoms with Crippen LogP contribution in [0.3, 0.4) is 0 Å². The summed E-state index contributed by atoms with van der Waals surface area (Å²) in [4.78, 5) is 52.6. The first-order chi connectivity index (χ1) is 12.1. The van der Waals surface area contributed by atoms with Gasteiger partial charge in [-0.1, -0.05) is 17.2 Å². The number of benzene rings is 1. The maximum Gasteiger partial charge on any atom is 0.333 e. The first-order valence-electron chi connectivity index (χ1n) is 7.61. The molecule has 3 heterocycles. The van der Waals surface area contributed by atoms with Crippen LogP contribution in [-0.2, 0) is 16.1 Å². The standard InChI is InChI=1S/C17H12N4O4/c22-15(6-5-14-19-12-7-8-18-9-13(12)20-14)25-21-16(23)10-3-1-2-4-11(10)17(21)24/h1-4,7-9H,5-6H2,(H,19,20). The van der Waals surface area contributed by atoms with Gasteiger partial charge in [0, 0.05) is 12.6 Å². The molecule has 1 N–H and O–H groups in total. The molecule has 2 amide bonds. The highest BCUT2D eigenvalue weighted by molar-refractivity contribution is 6.20. The van der Waals surface area contributed by atoms with Crippen LogP contribution in [-0.4, -0.2) is 37.8 Å².